The summed E-state index contributed by atoms with van der Waals surface area (Å²) >= 11 is 0. The second kappa shape index (κ2) is 19.3. The SMILES string of the molecule is CCCCCCCCCCCCCCOC(=O)c1c(OC)cc(OCCOc2ccccc2)cc1OC. The van der Waals surface area contributed by atoms with Gasteiger partial charge in [-0.05, 0) is 18.6 Å². The van der Waals surface area contributed by atoms with Gasteiger partial charge in [-0.25, -0.2) is 4.79 Å². The first-order valence-corrected chi connectivity index (χ1v) is 13.9. The standard InChI is InChI=1S/C31H46O6/c1-4-5-6-7-8-9-10-11-12-13-14-18-21-37-31(32)30-28(33-2)24-27(25-29(30)34-3)36-23-22-35-26-19-16-15-17-20-26/h15-17,19-20,24-25H,4-14,18,21-23H2,1-3H3. The van der Waals surface area contributed by atoms with Crippen LogP contribution >= 0.6 is 0 Å². The third-order valence-corrected chi connectivity index (χ3v) is 6.28. The zero-order valence-electron chi connectivity index (χ0n) is 23.1. The minimum atomic E-state index is -0.448. The number of hydrogen-bond donors (Lipinski definition) is 0. The summed E-state index contributed by atoms with van der Waals surface area (Å²) in [7, 11) is 3.03. The van der Waals surface area contributed by atoms with Crippen molar-refractivity contribution < 1.29 is 28.5 Å². The Labute approximate surface area is 223 Å². The largest absolute Gasteiger partial charge is 0.496 e. The summed E-state index contributed by atoms with van der Waals surface area (Å²) in [5, 5.41) is 0. The average molecular weight is 515 g/mol. The van der Waals surface area contributed by atoms with Gasteiger partial charge in [0.1, 0.15) is 41.8 Å². The fourth-order valence-electron chi connectivity index (χ4n) is 4.19. The van der Waals surface area contributed by atoms with Gasteiger partial charge in [0.05, 0.1) is 20.8 Å². The van der Waals surface area contributed by atoms with E-state index in [0.717, 1.165) is 18.6 Å². The monoisotopic (exact) mass is 514 g/mol. The number of unbranched alkanes of at least 4 members (excludes halogenated alkanes) is 11. The maximum absolute atomic E-state index is 12.8. The van der Waals surface area contributed by atoms with Gasteiger partial charge in [0.25, 0.3) is 0 Å². The molecule has 0 N–H and O–H groups in total. The van der Waals surface area contributed by atoms with Crippen LogP contribution in [0.4, 0.5) is 0 Å². The highest BCUT2D eigenvalue weighted by molar-refractivity contribution is 5.96. The molecule has 0 aliphatic rings. The number of esters is 1. The predicted molar refractivity (Wildman–Crippen MR) is 148 cm³/mol. The normalized spacial score (nSPS) is 10.7. The van der Waals surface area contributed by atoms with E-state index in [-0.39, 0.29) is 5.56 Å². The summed E-state index contributed by atoms with van der Waals surface area (Å²) in [4.78, 5) is 12.8. The Hall–Kier alpha value is -2.89. The predicted octanol–water partition coefficient (Wildman–Crippen LogP) is 8.02. The molecule has 0 aliphatic heterocycles. The van der Waals surface area contributed by atoms with Crippen molar-refractivity contribution in [3.8, 4) is 23.0 Å². The highest BCUT2D eigenvalue weighted by Crippen LogP contribution is 2.34. The zero-order valence-corrected chi connectivity index (χ0v) is 23.1. The van der Waals surface area contributed by atoms with Crippen molar-refractivity contribution in [2.45, 2.75) is 84.0 Å². The van der Waals surface area contributed by atoms with Crippen LogP contribution in [0.3, 0.4) is 0 Å². The van der Waals surface area contributed by atoms with Crippen LogP contribution in [-0.2, 0) is 4.74 Å². The van der Waals surface area contributed by atoms with Crippen molar-refractivity contribution in [2.24, 2.45) is 0 Å². The number of benzene rings is 2. The summed E-state index contributed by atoms with van der Waals surface area (Å²) < 4.78 is 27.9. The van der Waals surface area contributed by atoms with Crippen LogP contribution in [0.2, 0.25) is 0 Å². The van der Waals surface area contributed by atoms with Crippen LogP contribution in [0.1, 0.15) is 94.3 Å². The molecule has 0 atom stereocenters. The van der Waals surface area contributed by atoms with Crippen molar-refractivity contribution in [3.05, 3.63) is 48.0 Å². The van der Waals surface area contributed by atoms with Crippen molar-refractivity contribution in [1.82, 2.24) is 0 Å². The van der Waals surface area contributed by atoms with Gasteiger partial charge in [-0.1, -0.05) is 95.8 Å². The fourth-order valence-corrected chi connectivity index (χ4v) is 4.19. The summed E-state index contributed by atoms with van der Waals surface area (Å²) in [5.74, 6) is 1.59. The van der Waals surface area contributed by atoms with E-state index in [4.69, 9.17) is 23.7 Å². The molecule has 6 heteroatoms. The molecule has 37 heavy (non-hydrogen) atoms. The summed E-state index contributed by atoms with van der Waals surface area (Å²) in [6.45, 7) is 3.37. The van der Waals surface area contributed by atoms with Crippen LogP contribution in [0.25, 0.3) is 0 Å². The van der Waals surface area contributed by atoms with E-state index in [0.29, 0.717) is 37.1 Å². The second-order valence-corrected chi connectivity index (χ2v) is 9.24. The average Bonchev–Trinajstić information content (AvgIpc) is 2.93. The Kier molecular flexibility index (Phi) is 15.8. The van der Waals surface area contributed by atoms with Crippen molar-refractivity contribution in [2.75, 3.05) is 34.0 Å². The molecule has 2 rings (SSSR count). The van der Waals surface area contributed by atoms with Gasteiger partial charge in [0.2, 0.25) is 0 Å². The van der Waals surface area contributed by atoms with Crippen LogP contribution in [0.15, 0.2) is 42.5 Å². The molecule has 0 fully saturated rings. The lowest BCUT2D eigenvalue weighted by Crippen LogP contribution is -2.12. The van der Waals surface area contributed by atoms with Gasteiger partial charge in [-0.3, -0.25) is 0 Å². The minimum absolute atomic E-state index is 0.275. The number of hydrogen-bond acceptors (Lipinski definition) is 6. The Balaban J connectivity index is 1.68. The minimum Gasteiger partial charge on any atom is -0.496 e. The molecule has 2 aromatic carbocycles. The molecule has 0 saturated carbocycles. The molecule has 0 saturated heterocycles. The lowest BCUT2D eigenvalue weighted by atomic mass is 10.1. The number of para-hydroxylation sites is 1. The number of methoxy groups -OCH3 is 2. The zero-order chi connectivity index (χ0) is 26.6. The summed E-state index contributed by atoms with van der Waals surface area (Å²) in [6.07, 6.45) is 15.2. The van der Waals surface area contributed by atoms with E-state index in [1.165, 1.54) is 78.4 Å². The molecule has 0 spiro atoms. The number of rotatable bonds is 21. The third-order valence-electron chi connectivity index (χ3n) is 6.28. The van der Waals surface area contributed by atoms with Gasteiger partial charge in [0, 0.05) is 12.1 Å². The van der Waals surface area contributed by atoms with Gasteiger partial charge in [0.15, 0.2) is 0 Å². The molecule has 2 aromatic rings. The molecule has 0 amide bonds. The third kappa shape index (κ3) is 12.3. The number of carbonyl (C=O) groups excluding carboxylic acids is 1. The van der Waals surface area contributed by atoms with Gasteiger partial charge >= 0.3 is 5.97 Å². The van der Waals surface area contributed by atoms with Gasteiger partial charge in [-0.2, -0.15) is 0 Å². The van der Waals surface area contributed by atoms with E-state index >= 15 is 0 Å². The summed E-state index contributed by atoms with van der Waals surface area (Å²) in [6, 6.07) is 12.9. The van der Waals surface area contributed by atoms with E-state index in [1.807, 2.05) is 30.3 Å². The molecule has 0 unspecified atom stereocenters. The lowest BCUT2D eigenvalue weighted by molar-refractivity contribution is 0.0490. The van der Waals surface area contributed by atoms with Gasteiger partial charge < -0.3 is 23.7 Å². The van der Waals surface area contributed by atoms with E-state index in [1.54, 1.807) is 12.1 Å². The lowest BCUT2D eigenvalue weighted by Gasteiger charge is -2.15. The number of carbonyl (C=O) groups is 1. The summed E-state index contributed by atoms with van der Waals surface area (Å²) in [5.41, 5.74) is 0.275. The Morgan fingerprint density at radius 1 is 0.622 bits per heavy atom. The van der Waals surface area contributed by atoms with Gasteiger partial charge in [-0.15, -0.1) is 0 Å². The molecule has 206 valence electrons. The first-order chi connectivity index (χ1) is 18.2. The molecule has 0 aromatic heterocycles. The molecule has 0 heterocycles. The van der Waals surface area contributed by atoms with Crippen molar-refractivity contribution >= 4 is 5.97 Å². The van der Waals surface area contributed by atoms with Crippen LogP contribution in [-0.4, -0.2) is 40.0 Å². The maximum atomic E-state index is 12.8. The Bertz CT molecular complexity index is 842. The maximum Gasteiger partial charge on any atom is 0.345 e. The molecule has 0 radical (unpaired) electrons. The molecular formula is C31H46O6. The highest BCUT2D eigenvalue weighted by atomic mass is 16.5. The van der Waals surface area contributed by atoms with E-state index < -0.39 is 5.97 Å². The van der Waals surface area contributed by atoms with Crippen molar-refractivity contribution in [3.63, 3.8) is 0 Å². The first-order valence-electron chi connectivity index (χ1n) is 13.9. The smallest absolute Gasteiger partial charge is 0.345 e. The van der Waals surface area contributed by atoms with Crippen LogP contribution in [0, 0.1) is 0 Å². The second-order valence-electron chi connectivity index (χ2n) is 9.24. The van der Waals surface area contributed by atoms with Crippen LogP contribution < -0.4 is 18.9 Å². The van der Waals surface area contributed by atoms with E-state index in [2.05, 4.69) is 6.92 Å². The quantitative estimate of drug-likeness (QED) is 0.124. The first kappa shape index (κ1) is 30.3. The molecule has 6 nitrogen and oxygen atoms in total. The van der Waals surface area contributed by atoms with Crippen molar-refractivity contribution in [1.29, 1.82) is 0 Å². The van der Waals surface area contributed by atoms with Crippen LogP contribution in [0.5, 0.6) is 23.0 Å². The van der Waals surface area contributed by atoms with E-state index in [9.17, 15) is 4.79 Å². The number of ether oxygens (including phenoxy) is 5. The topological polar surface area (TPSA) is 63.2 Å². The Morgan fingerprint density at radius 2 is 1.11 bits per heavy atom. The Morgan fingerprint density at radius 3 is 1.62 bits per heavy atom. The molecule has 0 aliphatic carbocycles. The fraction of sp³-hybridized carbons (Fsp3) is 0.581. The highest BCUT2D eigenvalue weighted by Gasteiger charge is 2.22. The molecule has 0 bridgehead atoms. The molecular weight excluding hydrogens is 468 g/mol.